The third-order valence-corrected chi connectivity index (χ3v) is 3.01. The normalized spacial score (nSPS) is 11.0. The Bertz CT molecular complexity index is 605. The van der Waals surface area contributed by atoms with Crippen molar-refractivity contribution in [3.8, 4) is 0 Å². The standard InChI is InChI=1S/C16H21N3O6/c1-11(15(22)17-9-14(21)24-2)19-13(20)8-18-16(23)25-10-12-6-4-3-5-7-12/h3-7,11H,8-10H2,1-2H3,(H,17,22)(H,18,23)(H,19,20)/t11-/m0/s1. The largest absolute Gasteiger partial charge is 0.468 e. The second kappa shape index (κ2) is 10.6. The number of rotatable bonds is 8. The van der Waals surface area contributed by atoms with Crippen LogP contribution in [0.3, 0.4) is 0 Å². The second-order valence-corrected chi connectivity index (χ2v) is 5.00. The molecule has 0 heterocycles. The number of carbonyl (C=O) groups is 4. The Morgan fingerprint density at radius 3 is 2.36 bits per heavy atom. The predicted molar refractivity (Wildman–Crippen MR) is 87.3 cm³/mol. The molecule has 0 bridgehead atoms. The van der Waals surface area contributed by atoms with Crippen LogP contribution in [-0.4, -0.2) is 50.1 Å². The summed E-state index contributed by atoms with van der Waals surface area (Å²) in [6.07, 6.45) is -0.748. The third-order valence-electron chi connectivity index (χ3n) is 3.01. The lowest BCUT2D eigenvalue weighted by atomic mass is 10.2. The zero-order chi connectivity index (χ0) is 18.7. The SMILES string of the molecule is COC(=O)CNC(=O)[C@H](C)NC(=O)CNC(=O)OCc1ccccc1. The molecule has 1 aromatic carbocycles. The van der Waals surface area contributed by atoms with Gasteiger partial charge in [-0.3, -0.25) is 14.4 Å². The van der Waals surface area contributed by atoms with E-state index in [1.54, 1.807) is 12.1 Å². The molecule has 3 N–H and O–H groups in total. The van der Waals surface area contributed by atoms with E-state index in [4.69, 9.17) is 4.74 Å². The Labute approximate surface area is 145 Å². The van der Waals surface area contributed by atoms with Crippen molar-refractivity contribution < 1.29 is 28.7 Å². The van der Waals surface area contributed by atoms with Crippen LogP contribution < -0.4 is 16.0 Å². The number of hydrogen-bond donors (Lipinski definition) is 3. The van der Waals surface area contributed by atoms with Crippen molar-refractivity contribution in [2.75, 3.05) is 20.2 Å². The summed E-state index contributed by atoms with van der Waals surface area (Å²) in [6, 6.07) is 8.20. The van der Waals surface area contributed by atoms with Gasteiger partial charge in [-0.2, -0.15) is 0 Å². The van der Waals surface area contributed by atoms with Crippen molar-refractivity contribution in [2.45, 2.75) is 19.6 Å². The lowest BCUT2D eigenvalue weighted by Gasteiger charge is -2.14. The first-order chi connectivity index (χ1) is 11.9. The van der Waals surface area contributed by atoms with Crippen LogP contribution in [0.15, 0.2) is 30.3 Å². The van der Waals surface area contributed by atoms with Crippen LogP contribution in [0.2, 0.25) is 0 Å². The molecule has 0 fully saturated rings. The smallest absolute Gasteiger partial charge is 0.407 e. The number of esters is 1. The summed E-state index contributed by atoms with van der Waals surface area (Å²) in [5.41, 5.74) is 0.818. The molecule has 1 aromatic rings. The summed E-state index contributed by atoms with van der Waals surface area (Å²) in [5.74, 6) is -1.72. The van der Waals surface area contributed by atoms with Gasteiger partial charge in [0, 0.05) is 0 Å². The van der Waals surface area contributed by atoms with Crippen molar-refractivity contribution in [2.24, 2.45) is 0 Å². The van der Waals surface area contributed by atoms with E-state index < -0.39 is 29.9 Å². The van der Waals surface area contributed by atoms with E-state index in [1.807, 2.05) is 18.2 Å². The van der Waals surface area contributed by atoms with Gasteiger partial charge in [-0.15, -0.1) is 0 Å². The molecule has 1 atom stereocenters. The van der Waals surface area contributed by atoms with Gasteiger partial charge in [0.05, 0.1) is 7.11 Å². The number of carbonyl (C=O) groups excluding carboxylic acids is 4. The highest BCUT2D eigenvalue weighted by Crippen LogP contribution is 2.00. The fraction of sp³-hybridized carbons (Fsp3) is 0.375. The van der Waals surface area contributed by atoms with Gasteiger partial charge in [0.25, 0.3) is 0 Å². The number of amides is 3. The molecule has 0 aliphatic carbocycles. The van der Waals surface area contributed by atoms with Gasteiger partial charge in [0.1, 0.15) is 25.7 Å². The van der Waals surface area contributed by atoms with Gasteiger partial charge in [-0.25, -0.2) is 4.79 Å². The topological polar surface area (TPSA) is 123 Å². The molecule has 0 saturated heterocycles. The van der Waals surface area contributed by atoms with E-state index in [0.717, 1.165) is 5.56 Å². The van der Waals surface area contributed by atoms with Gasteiger partial charge >= 0.3 is 12.1 Å². The monoisotopic (exact) mass is 351 g/mol. The molecule has 0 spiro atoms. The minimum atomic E-state index is -0.876. The number of hydrogen-bond acceptors (Lipinski definition) is 6. The van der Waals surface area contributed by atoms with Crippen LogP contribution >= 0.6 is 0 Å². The number of ether oxygens (including phenoxy) is 2. The van der Waals surface area contributed by atoms with Crippen molar-refractivity contribution >= 4 is 23.9 Å². The van der Waals surface area contributed by atoms with Crippen LogP contribution in [0, 0.1) is 0 Å². The number of alkyl carbamates (subject to hydrolysis) is 1. The van der Waals surface area contributed by atoms with E-state index in [2.05, 4.69) is 20.7 Å². The minimum Gasteiger partial charge on any atom is -0.468 e. The van der Waals surface area contributed by atoms with E-state index in [0.29, 0.717) is 0 Å². The highest BCUT2D eigenvalue weighted by molar-refractivity contribution is 5.90. The summed E-state index contributed by atoms with van der Waals surface area (Å²) in [6.45, 7) is 0.890. The maximum Gasteiger partial charge on any atom is 0.407 e. The minimum absolute atomic E-state index is 0.0840. The molecular formula is C16H21N3O6. The number of methoxy groups -OCH3 is 1. The molecule has 9 nitrogen and oxygen atoms in total. The number of benzene rings is 1. The van der Waals surface area contributed by atoms with Crippen LogP contribution in [-0.2, 0) is 30.5 Å². The van der Waals surface area contributed by atoms with Gasteiger partial charge < -0.3 is 25.4 Å². The first-order valence-corrected chi connectivity index (χ1v) is 7.50. The van der Waals surface area contributed by atoms with Crippen molar-refractivity contribution in [1.82, 2.24) is 16.0 Å². The second-order valence-electron chi connectivity index (χ2n) is 5.00. The Kier molecular flexibility index (Phi) is 8.48. The molecule has 0 saturated carbocycles. The summed E-state index contributed by atoms with van der Waals surface area (Å²) >= 11 is 0. The molecule has 9 heteroatoms. The summed E-state index contributed by atoms with van der Waals surface area (Å²) in [5, 5.41) is 6.96. The maximum absolute atomic E-state index is 11.7. The Morgan fingerprint density at radius 1 is 1.04 bits per heavy atom. The van der Waals surface area contributed by atoms with Crippen LogP contribution in [0.25, 0.3) is 0 Å². The highest BCUT2D eigenvalue weighted by Gasteiger charge is 2.16. The highest BCUT2D eigenvalue weighted by atomic mass is 16.5. The summed E-state index contributed by atoms with van der Waals surface area (Å²) in [7, 11) is 1.20. The third kappa shape index (κ3) is 8.35. The van der Waals surface area contributed by atoms with Crippen LogP contribution in [0.1, 0.15) is 12.5 Å². The lowest BCUT2D eigenvalue weighted by Crippen LogP contribution is -2.48. The fourth-order valence-corrected chi connectivity index (χ4v) is 1.67. The van der Waals surface area contributed by atoms with E-state index in [9.17, 15) is 19.2 Å². The lowest BCUT2D eigenvalue weighted by molar-refractivity contribution is -0.141. The van der Waals surface area contributed by atoms with Crippen molar-refractivity contribution in [1.29, 1.82) is 0 Å². The molecule has 0 aromatic heterocycles. The fourth-order valence-electron chi connectivity index (χ4n) is 1.67. The average Bonchev–Trinajstić information content (AvgIpc) is 2.63. The Morgan fingerprint density at radius 2 is 1.72 bits per heavy atom. The van der Waals surface area contributed by atoms with Gasteiger partial charge in [0.15, 0.2) is 0 Å². The molecule has 25 heavy (non-hydrogen) atoms. The van der Waals surface area contributed by atoms with Gasteiger partial charge in [-0.05, 0) is 12.5 Å². The van der Waals surface area contributed by atoms with E-state index >= 15 is 0 Å². The molecule has 0 radical (unpaired) electrons. The summed E-state index contributed by atoms with van der Waals surface area (Å²) in [4.78, 5) is 45.8. The quantitative estimate of drug-likeness (QED) is 0.553. The molecule has 1 rings (SSSR count). The average molecular weight is 351 g/mol. The summed E-state index contributed by atoms with van der Waals surface area (Å²) < 4.78 is 9.33. The van der Waals surface area contributed by atoms with Crippen molar-refractivity contribution in [3.63, 3.8) is 0 Å². The van der Waals surface area contributed by atoms with Crippen LogP contribution in [0.5, 0.6) is 0 Å². The Hall–Kier alpha value is -3.10. The molecule has 0 aliphatic heterocycles. The molecule has 3 amide bonds. The maximum atomic E-state index is 11.7. The molecular weight excluding hydrogens is 330 g/mol. The van der Waals surface area contributed by atoms with Gasteiger partial charge in [0.2, 0.25) is 11.8 Å². The first kappa shape index (κ1) is 19.9. The van der Waals surface area contributed by atoms with Crippen LogP contribution in [0.4, 0.5) is 4.79 Å². The zero-order valence-corrected chi connectivity index (χ0v) is 14.0. The first-order valence-electron chi connectivity index (χ1n) is 7.50. The molecule has 0 unspecified atom stereocenters. The van der Waals surface area contributed by atoms with Crippen molar-refractivity contribution in [3.05, 3.63) is 35.9 Å². The van der Waals surface area contributed by atoms with Gasteiger partial charge in [-0.1, -0.05) is 30.3 Å². The Balaban J connectivity index is 2.23. The van der Waals surface area contributed by atoms with E-state index in [-0.39, 0.29) is 19.7 Å². The molecule has 0 aliphatic rings. The predicted octanol–water partition coefficient (Wildman–Crippen LogP) is -0.293. The zero-order valence-electron chi connectivity index (χ0n) is 14.0. The number of nitrogens with one attached hydrogen (secondary N) is 3. The molecule has 136 valence electrons. The van der Waals surface area contributed by atoms with E-state index in [1.165, 1.54) is 14.0 Å².